The Balaban J connectivity index is 0.000000471. The molecule has 7 nitrogen and oxygen atoms in total. The minimum atomic E-state index is -3.67. The van der Waals surface area contributed by atoms with Crippen LogP contribution in [0, 0.1) is 0 Å². The van der Waals surface area contributed by atoms with Gasteiger partial charge in [0.15, 0.2) is 0 Å². The zero-order valence-electron chi connectivity index (χ0n) is 19.1. The molecule has 0 radical (unpaired) electrons. The maximum absolute atomic E-state index is 9.19. The summed E-state index contributed by atoms with van der Waals surface area (Å²) in [4.78, 5) is 9.99. The Hall–Kier alpha value is -2.94. The van der Waals surface area contributed by atoms with Gasteiger partial charge in [0.05, 0.1) is 17.3 Å². The molecule has 0 unspecified atom stereocenters. The highest BCUT2D eigenvalue weighted by Crippen LogP contribution is 2.26. The van der Waals surface area contributed by atoms with Crippen LogP contribution in [0.3, 0.4) is 0 Å². The van der Waals surface area contributed by atoms with E-state index >= 15 is 0 Å². The summed E-state index contributed by atoms with van der Waals surface area (Å²) in [6, 6.07) is 23.7. The van der Waals surface area contributed by atoms with E-state index in [0.717, 1.165) is 44.7 Å². The Bertz CT molecular complexity index is 1320. The van der Waals surface area contributed by atoms with Crippen LogP contribution in [-0.2, 0) is 23.6 Å². The molecule has 174 valence electrons. The van der Waals surface area contributed by atoms with Crippen molar-refractivity contribution in [2.24, 2.45) is 7.05 Å². The molecule has 2 heterocycles. The van der Waals surface area contributed by atoms with Gasteiger partial charge in [-0.1, -0.05) is 48.5 Å². The molecule has 1 saturated heterocycles. The first-order valence-electron chi connectivity index (χ1n) is 11.1. The van der Waals surface area contributed by atoms with Crippen LogP contribution in [0.5, 0.6) is 0 Å². The van der Waals surface area contributed by atoms with Gasteiger partial charge in [-0.3, -0.25) is 9.45 Å². The quantitative estimate of drug-likeness (QED) is 0.463. The number of benzene rings is 3. The predicted octanol–water partition coefficient (Wildman–Crippen LogP) is 3.60. The lowest BCUT2D eigenvalue weighted by molar-refractivity contribution is 0.259. The Kier molecular flexibility index (Phi) is 6.97. The van der Waals surface area contributed by atoms with Crippen LogP contribution in [-0.4, -0.2) is 66.4 Å². The third-order valence-electron chi connectivity index (χ3n) is 6.00. The number of para-hydroxylation sites is 1. The summed E-state index contributed by atoms with van der Waals surface area (Å²) in [5, 5.41) is 2.57. The summed E-state index contributed by atoms with van der Waals surface area (Å²) in [5.41, 5.74) is 3.69. The van der Waals surface area contributed by atoms with Crippen LogP contribution >= 0.6 is 0 Å². The van der Waals surface area contributed by atoms with Crippen LogP contribution in [0.2, 0.25) is 0 Å². The summed E-state index contributed by atoms with van der Waals surface area (Å²) >= 11 is 0. The molecule has 0 amide bonds. The molecule has 0 atom stereocenters. The zero-order valence-corrected chi connectivity index (χ0v) is 19.9. The minimum absolute atomic E-state index is 0.715. The fourth-order valence-electron chi connectivity index (χ4n) is 4.38. The topological polar surface area (TPSA) is 78.7 Å². The minimum Gasteiger partial charge on any atom is -0.369 e. The fraction of sp³-hybridized carbons (Fsp3) is 0.320. The van der Waals surface area contributed by atoms with Gasteiger partial charge in [-0.25, -0.2) is 4.98 Å². The van der Waals surface area contributed by atoms with Gasteiger partial charge < -0.3 is 9.47 Å². The number of nitrogens with zero attached hydrogens (tertiary/aromatic N) is 4. The molecule has 3 aromatic carbocycles. The first-order valence-corrected chi connectivity index (χ1v) is 12.9. The van der Waals surface area contributed by atoms with Crippen LogP contribution in [0.1, 0.15) is 5.82 Å². The molecule has 1 aliphatic heterocycles. The molecule has 0 bridgehead atoms. The van der Waals surface area contributed by atoms with Crippen LogP contribution in [0.15, 0.2) is 66.7 Å². The third-order valence-corrected chi connectivity index (χ3v) is 6.00. The average Bonchev–Trinajstić information content (AvgIpc) is 3.13. The lowest BCUT2D eigenvalue weighted by Gasteiger charge is -2.36. The van der Waals surface area contributed by atoms with Gasteiger partial charge >= 0.3 is 0 Å². The van der Waals surface area contributed by atoms with E-state index in [9.17, 15) is 8.42 Å². The fourth-order valence-corrected chi connectivity index (χ4v) is 4.38. The van der Waals surface area contributed by atoms with Gasteiger partial charge in [-0.05, 0) is 23.6 Å². The molecule has 5 rings (SSSR count). The molecule has 1 N–H and O–H groups in total. The van der Waals surface area contributed by atoms with Crippen LogP contribution < -0.4 is 4.90 Å². The SMILES string of the molecule is CS(=O)(=O)O.Cn1c(CCN2CCN(c3ccccc3)CC2)nc2ccc3ccccc3c21. The molecule has 1 fully saturated rings. The van der Waals surface area contributed by atoms with Crippen molar-refractivity contribution in [1.29, 1.82) is 0 Å². The molecule has 0 saturated carbocycles. The number of aromatic nitrogens is 2. The van der Waals surface area contributed by atoms with E-state index < -0.39 is 10.1 Å². The van der Waals surface area contributed by atoms with Gasteiger partial charge in [0, 0.05) is 57.3 Å². The number of hydrogen-bond acceptors (Lipinski definition) is 5. The Morgan fingerprint density at radius 3 is 2.24 bits per heavy atom. The number of aryl methyl sites for hydroxylation is 1. The molecule has 0 spiro atoms. The summed E-state index contributed by atoms with van der Waals surface area (Å²) in [7, 11) is -1.51. The molecule has 1 aliphatic rings. The number of hydrogen-bond donors (Lipinski definition) is 1. The molecule has 1 aromatic heterocycles. The lowest BCUT2D eigenvalue weighted by atomic mass is 10.1. The predicted molar refractivity (Wildman–Crippen MR) is 134 cm³/mol. The smallest absolute Gasteiger partial charge is 0.261 e. The van der Waals surface area contributed by atoms with Gasteiger partial charge in [-0.2, -0.15) is 8.42 Å². The second-order valence-electron chi connectivity index (χ2n) is 8.39. The van der Waals surface area contributed by atoms with E-state index in [0.29, 0.717) is 6.26 Å². The average molecular weight is 467 g/mol. The summed E-state index contributed by atoms with van der Waals surface area (Å²) < 4.78 is 28.2. The Morgan fingerprint density at radius 2 is 1.55 bits per heavy atom. The van der Waals surface area contributed by atoms with Crippen molar-refractivity contribution >= 4 is 37.6 Å². The van der Waals surface area contributed by atoms with E-state index in [4.69, 9.17) is 9.54 Å². The molecule has 4 aromatic rings. The van der Waals surface area contributed by atoms with Gasteiger partial charge in [-0.15, -0.1) is 0 Å². The molecular weight excluding hydrogens is 436 g/mol. The van der Waals surface area contributed by atoms with Gasteiger partial charge in [0.25, 0.3) is 10.1 Å². The van der Waals surface area contributed by atoms with Crippen molar-refractivity contribution in [3.63, 3.8) is 0 Å². The molecule has 0 aliphatic carbocycles. The second kappa shape index (κ2) is 9.91. The van der Waals surface area contributed by atoms with E-state index in [1.165, 1.54) is 27.8 Å². The van der Waals surface area contributed by atoms with E-state index in [1.807, 2.05) is 0 Å². The largest absolute Gasteiger partial charge is 0.369 e. The van der Waals surface area contributed by atoms with Crippen molar-refractivity contribution in [1.82, 2.24) is 14.5 Å². The summed E-state index contributed by atoms with van der Waals surface area (Å²) in [6.07, 6.45) is 1.71. The number of fused-ring (bicyclic) bond motifs is 3. The molecule has 33 heavy (non-hydrogen) atoms. The van der Waals surface area contributed by atoms with Crippen molar-refractivity contribution < 1.29 is 13.0 Å². The maximum Gasteiger partial charge on any atom is 0.261 e. The third kappa shape index (κ3) is 5.90. The van der Waals surface area contributed by atoms with E-state index in [2.05, 4.69) is 88.1 Å². The Labute approximate surface area is 195 Å². The second-order valence-corrected chi connectivity index (χ2v) is 9.85. The number of rotatable bonds is 4. The number of anilines is 1. The van der Waals surface area contributed by atoms with Crippen LogP contribution in [0.25, 0.3) is 21.8 Å². The van der Waals surface area contributed by atoms with Crippen LogP contribution in [0.4, 0.5) is 5.69 Å². The summed E-state index contributed by atoms with van der Waals surface area (Å²) in [6.45, 7) is 5.48. The van der Waals surface area contributed by atoms with Gasteiger partial charge in [0.1, 0.15) is 5.82 Å². The highest BCUT2D eigenvalue weighted by atomic mass is 32.2. The van der Waals surface area contributed by atoms with E-state index in [1.54, 1.807) is 0 Å². The normalized spacial score (nSPS) is 14.9. The Morgan fingerprint density at radius 1 is 0.909 bits per heavy atom. The van der Waals surface area contributed by atoms with Crippen molar-refractivity contribution in [2.75, 3.05) is 43.9 Å². The van der Waals surface area contributed by atoms with E-state index in [-0.39, 0.29) is 0 Å². The molecule has 8 heteroatoms. The first kappa shape index (κ1) is 23.2. The van der Waals surface area contributed by atoms with Gasteiger partial charge in [0.2, 0.25) is 0 Å². The highest BCUT2D eigenvalue weighted by molar-refractivity contribution is 7.85. The zero-order chi connectivity index (χ0) is 23.4. The standard InChI is InChI=1S/C24H26N4.CH4O3S/c1-26-23(25-22-12-11-19-7-5-6-10-21(19)24(22)26)13-14-27-15-17-28(18-16-27)20-8-3-2-4-9-20;1-5(2,3)4/h2-12H,13-18H2,1H3;1H3,(H,2,3,4). The van der Waals surface area contributed by atoms with Crippen molar-refractivity contribution in [2.45, 2.75) is 6.42 Å². The lowest BCUT2D eigenvalue weighted by Crippen LogP contribution is -2.47. The van der Waals surface area contributed by atoms with Crippen molar-refractivity contribution in [3.05, 3.63) is 72.6 Å². The molecular formula is C25H30N4O3S. The monoisotopic (exact) mass is 466 g/mol. The van der Waals surface area contributed by atoms with Crippen molar-refractivity contribution in [3.8, 4) is 0 Å². The first-order chi connectivity index (χ1) is 15.8. The number of piperazine rings is 1. The summed E-state index contributed by atoms with van der Waals surface area (Å²) in [5.74, 6) is 1.18. The maximum atomic E-state index is 9.19. The number of imidazole rings is 1. The highest BCUT2D eigenvalue weighted by Gasteiger charge is 2.18.